The molecule has 1 heterocycles. The molecule has 16 heavy (non-hydrogen) atoms. The minimum atomic E-state index is 0.987. The average Bonchev–Trinajstić information content (AvgIpc) is 2.69. The number of hydrogen-bond acceptors (Lipinski definition) is 3. The summed E-state index contributed by atoms with van der Waals surface area (Å²) in [4.78, 5) is 5.80. The van der Waals surface area contributed by atoms with Crippen molar-refractivity contribution in [1.29, 1.82) is 0 Å². The molecule has 0 amide bonds. The highest BCUT2D eigenvalue weighted by Crippen LogP contribution is 2.32. The summed E-state index contributed by atoms with van der Waals surface area (Å²) in [6.45, 7) is 5.21. The first-order chi connectivity index (χ1) is 7.81. The van der Waals surface area contributed by atoms with Crippen LogP contribution in [0.2, 0.25) is 0 Å². The topological polar surface area (TPSA) is 24.9 Å². The van der Waals surface area contributed by atoms with E-state index in [1.165, 1.54) is 10.4 Å². The summed E-state index contributed by atoms with van der Waals surface area (Å²) in [5.41, 5.74) is 2.36. The number of nitrogens with zero attached hydrogens (tertiary/aromatic N) is 1. The van der Waals surface area contributed by atoms with Crippen LogP contribution < -0.4 is 5.32 Å². The van der Waals surface area contributed by atoms with Crippen LogP contribution in [0.25, 0.3) is 10.4 Å². The molecule has 2 nitrogen and oxygen atoms in total. The predicted molar refractivity (Wildman–Crippen MR) is 71.1 cm³/mol. The van der Waals surface area contributed by atoms with Gasteiger partial charge in [-0.1, -0.05) is 48.6 Å². The lowest BCUT2D eigenvalue weighted by molar-refractivity contribution is 0.974. The van der Waals surface area contributed by atoms with Crippen LogP contribution in [0.3, 0.4) is 0 Å². The zero-order valence-electron chi connectivity index (χ0n) is 9.66. The molecule has 0 spiro atoms. The van der Waals surface area contributed by atoms with E-state index in [4.69, 9.17) is 0 Å². The van der Waals surface area contributed by atoms with Crippen molar-refractivity contribution in [1.82, 2.24) is 4.98 Å². The van der Waals surface area contributed by atoms with E-state index in [0.717, 1.165) is 23.8 Å². The van der Waals surface area contributed by atoms with Crippen molar-refractivity contribution in [3.8, 4) is 10.4 Å². The molecule has 0 atom stereocenters. The first-order valence-corrected chi connectivity index (χ1v) is 6.39. The Morgan fingerprint density at radius 1 is 1.25 bits per heavy atom. The minimum absolute atomic E-state index is 0.987. The zero-order valence-corrected chi connectivity index (χ0v) is 10.5. The van der Waals surface area contributed by atoms with Crippen molar-refractivity contribution in [3.05, 3.63) is 36.0 Å². The molecule has 0 aliphatic rings. The predicted octanol–water partition coefficient (Wildman–Crippen LogP) is 3.94. The Kier molecular flexibility index (Phi) is 3.57. The van der Waals surface area contributed by atoms with E-state index in [2.05, 4.69) is 48.4 Å². The SMILES string of the molecule is CCCNc1nc(C)c(-c2ccccc2)s1. The third-order valence-corrected chi connectivity index (χ3v) is 3.52. The molecule has 0 fully saturated rings. The fraction of sp³-hybridized carbons (Fsp3) is 0.308. The molecular formula is C13H16N2S. The van der Waals surface area contributed by atoms with Gasteiger partial charge in [0.05, 0.1) is 10.6 Å². The van der Waals surface area contributed by atoms with E-state index in [9.17, 15) is 0 Å². The Labute approximate surface area is 100 Å². The third-order valence-electron chi connectivity index (χ3n) is 2.36. The van der Waals surface area contributed by atoms with Crippen LogP contribution in [0, 0.1) is 6.92 Å². The number of aromatic nitrogens is 1. The molecule has 1 aromatic heterocycles. The average molecular weight is 232 g/mol. The Morgan fingerprint density at radius 2 is 2.00 bits per heavy atom. The molecule has 0 unspecified atom stereocenters. The second-order valence-electron chi connectivity index (χ2n) is 3.73. The first-order valence-electron chi connectivity index (χ1n) is 5.58. The summed E-state index contributed by atoms with van der Waals surface area (Å²) in [6.07, 6.45) is 1.12. The van der Waals surface area contributed by atoms with E-state index < -0.39 is 0 Å². The summed E-state index contributed by atoms with van der Waals surface area (Å²) in [6, 6.07) is 10.4. The van der Waals surface area contributed by atoms with E-state index in [0.29, 0.717) is 0 Å². The Morgan fingerprint density at radius 3 is 2.69 bits per heavy atom. The summed E-state index contributed by atoms with van der Waals surface area (Å²) in [7, 11) is 0. The Hall–Kier alpha value is -1.35. The van der Waals surface area contributed by atoms with Crippen molar-refractivity contribution < 1.29 is 0 Å². The van der Waals surface area contributed by atoms with E-state index in [-0.39, 0.29) is 0 Å². The van der Waals surface area contributed by atoms with Crippen LogP contribution in [0.15, 0.2) is 30.3 Å². The van der Waals surface area contributed by atoms with Gasteiger partial charge in [0.2, 0.25) is 0 Å². The van der Waals surface area contributed by atoms with Crippen molar-refractivity contribution in [2.45, 2.75) is 20.3 Å². The Balaban J connectivity index is 2.25. The molecule has 0 bridgehead atoms. The van der Waals surface area contributed by atoms with Crippen molar-refractivity contribution >= 4 is 16.5 Å². The van der Waals surface area contributed by atoms with Gasteiger partial charge < -0.3 is 5.32 Å². The van der Waals surface area contributed by atoms with Gasteiger partial charge in [0.15, 0.2) is 5.13 Å². The van der Waals surface area contributed by atoms with Gasteiger partial charge in [-0.15, -0.1) is 0 Å². The molecule has 1 N–H and O–H groups in total. The molecule has 0 aliphatic heterocycles. The monoisotopic (exact) mass is 232 g/mol. The van der Waals surface area contributed by atoms with Crippen LogP contribution in [0.4, 0.5) is 5.13 Å². The fourth-order valence-corrected chi connectivity index (χ4v) is 2.56. The summed E-state index contributed by atoms with van der Waals surface area (Å²) >= 11 is 1.73. The van der Waals surface area contributed by atoms with Gasteiger partial charge in [-0.2, -0.15) is 0 Å². The number of nitrogens with one attached hydrogen (secondary N) is 1. The second kappa shape index (κ2) is 5.12. The maximum Gasteiger partial charge on any atom is 0.183 e. The molecule has 0 saturated carbocycles. The third kappa shape index (κ3) is 2.42. The lowest BCUT2D eigenvalue weighted by Crippen LogP contribution is -1.98. The lowest BCUT2D eigenvalue weighted by atomic mass is 10.2. The number of thiazole rings is 1. The highest BCUT2D eigenvalue weighted by Gasteiger charge is 2.08. The molecule has 2 rings (SSSR count). The maximum absolute atomic E-state index is 4.53. The van der Waals surface area contributed by atoms with Gasteiger partial charge in [-0.25, -0.2) is 4.98 Å². The van der Waals surface area contributed by atoms with Crippen LogP contribution >= 0.6 is 11.3 Å². The number of hydrogen-bond donors (Lipinski definition) is 1. The quantitative estimate of drug-likeness (QED) is 0.863. The largest absolute Gasteiger partial charge is 0.362 e. The number of benzene rings is 1. The maximum atomic E-state index is 4.53. The molecule has 1 aromatic carbocycles. The Bertz CT molecular complexity index is 448. The fourth-order valence-electron chi connectivity index (χ4n) is 1.56. The lowest BCUT2D eigenvalue weighted by Gasteiger charge is -1.97. The molecule has 0 saturated heterocycles. The summed E-state index contributed by atoms with van der Waals surface area (Å²) < 4.78 is 0. The molecule has 84 valence electrons. The molecule has 3 heteroatoms. The molecule has 2 aromatic rings. The highest BCUT2D eigenvalue weighted by molar-refractivity contribution is 7.19. The standard InChI is InChI=1S/C13H16N2S/c1-3-9-14-13-15-10(2)12(16-13)11-7-5-4-6-8-11/h4-8H,3,9H2,1-2H3,(H,14,15). The van der Waals surface area contributed by atoms with Crippen LogP contribution in [-0.4, -0.2) is 11.5 Å². The minimum Gasteiger partial charge on any atom is -0.362 e. The van der Waals surface area contributed by atoms with Gasteiger partial charge in [0.1, 0.15) is 0 Å². The molecule has 0 radical (unpaired) electrons. The molecular weight excluding hydrogens is 216 g/mol. The van der Waals surface area contributed by atoms with E-state index in [1.54, 1.807) is 11.3 Å². The van der Waals surface area contributed by atoms with Crippen molar-refractivity contribution in [3.63, 3.8) is 0 Å². The van der Waals surface area contributed by atoms with Crippen LogP contribution in [0.1, 0.15) is 19.0 Å². The normalized spacial score (nSPS) is 10.4. The van der Waals surface area contributed by atoms with Gasteiger partial charge in [-0.05, 0) is 18.9 Å². The van der Waals surface area contributed by atoms with E-state index >= 15 is 0 Å². The summed E-state index contributed by atoms with van der Waals surface area (Å²) in [5.74, 6) is 0. The smallest absolute Gasteiger partial charge is 0.183 e. The van der Waals surface area contributed by atoms with Gasteiger partial charge in [-0.3, -0.25) is 0 Å². The van der Waals surface area contributed by atoms with Crippen LogP contribution in [0.5, 0.6) is 0 Å². The second-order valence-corrected chi connectivity index (χ2v) is 4.73. The number of aryl methyl sites for hydroxylation is 1. The summed E-state index contributed by atoms with van der Waals surface area (Å²) in [5, 5.41) is 4.36. The molecule has 0 aliphatic carbocycles. The van der Waals surface area contributed by atoms with Crippen LogP contribution in [-0.2, 0) is 0 Å². The first kappa shape index (κ1) is 11.1. The number of anilines is 1. The van der Waals surface area contributed by atoms with Crippen molar-refractivity contribution in [2.75, 3.05) is 11.9 Å². The zero-order chi connectivity index (χ0) is 11.4. The van der Waals surface area contributed by atoms with Crippen molar-refractivity contribution in [2.24, 2.45) is 0 Å². The van der Waals surface area contributed by atoms with E-state index in [1.807, 2.05) is 6.07 Å². The highest BCUT2D eigenvalue weighted by atomic mass is 32.1. The number of rotatable bonds is 4. The van der Waals surface area contributed by atoms with Gasteiger partial charge in [0.25, 0.3) is 0 Å². The van der Waals surface area contributed by atoms with Gasteiger partial charge >= 0.3 is 0 Å². The van der Waals surface area contributed by atoms with Gasteiger partial charge in [0, 0.05) is 6.54 Å².